The number of anilines is 1. The van der Waals surface area contributed by atoms with E-state index in [1.165, 1.54) is 10.5 Å². The number of nitrogens with zero attached hydrogens (tertiary/aromatic N) is 1. The smallest absolute Gasteiger partial charge is 0.343 e. The average Bonchev–Trinajstić information content (AvgIpc) is 3.58. The molecule has 2 amide bonds. The van der Waals surface area contributed by atoms with Crippen LogP contribution in [-0.2, 0) is 15.0 Å². The zero-order valence-electron chi connectivity index (χ0n) is 20.3. The van der Waals surface area contributed by atoms with Crippen molar-refractivity contribution in [2.45, 2.75) is 25.7 Å². The lowest BCUT2D eigenvalue weighted by Crippen LogP contribution is -2.33. The van der Waals surface area contributed by atoms with Crippen LogP contribution in [0.1, 0.15) is 41.8 Å². The molecule has 1 saturated heterocycles. The van der Waals surface area contributed by atoms with Crippen molar-refractivity contribution in [1.29, 1.82) is 0 Å². The van der Waals surface area contributed by atoms with Crippen LogP contribution in [0.2, 0.25) is 0 Å². The number of benzene rings is 3. The van der Waals surface area contributed by atoms with Crippen molar-refractivity contribution in [3.63, 3.8) is 0 Å². The Kier molecular flexibility index (Phi) is 5.18. The third-order valence-corrected chi connectivity index (χ3v) is 8.09. The molecule has 4 atom stereocenters. The Hall–Kier alpha value is -3.99. The summed E-state index contributed by atoms with van der Waals surface area (Å²) in [6.45, 7) is 4.32. The Morgan fingerprint density at radius 2 is 1.42 bits per heavy atom. The molecule has 6 rings (SSSR count). The number of hydrogen-bond donors (Lipinski definition) is 0. The highest BCUT2D eigenvalue weighted by atomic mass is 16.5. The van der Waals surface area contributed by atoms with Crippen molar-refractivity contribution in [2.75, 3.05) is 4.90 Å². The highest BCUT2D eigenvalue weighted by molar-refractivity contribution is 6.23. The van der Waals surface area contributed by atoms with E-state index in [-0.39, 0.29) is 40.9 Å². The van der Waals surface area contributed by atoms with Crippen molar-refractivity contribution < 1.29 is 19.1 Å². The maximum atomic E-state index is 13.1. The molecule has 3 aliphatic rings. The van der Waals surface area contributed by atoms with E-state index >= 15 is 0 Å². The largest absolute Gasteiger partial charge is 0.423 e. The second-order valence-electron chi connectivity index (χ2n) is 10.5. The normalized spacial score (nSPS) is 24.3. The summed E-state index contributed by atoms with van der Waals surface area (Å²) in [6, 6.07) is 24.4. The predicted molar refractivity (Wildman–Crippen MR) is 137 cm³/mol. The Morgan fingerprint density at radius 1 is 0.806 bits per heavy atom. The minimum Gasteiger partial charge on any atom is -0.423 e. The number of rotatable bonds is 5. The second-order valence-corrected chi connectivity index (χ2v) is 10.5. The molecule has 0 spiro atoms. The molecule has 36 heavy (non-hydrogen) atoms. The maximum absolute atomic E-state index is 13.1. The molecule has 2 bridgehead atoms. The molecule has 1 aliphatic heterocycles. The maximum Gasteiger partial charge on any atom is 0.343 e. The molecule has 3 aromatic carbocycles. The van der Waals surface area contributed by atoms with Crippen LogP contribution < -0.4 is 9.64 Å². The molecule has 0 aromatic heterocycles. The first-order valence-electron chi connectivity index (χ1n) is 12.4. The van der Waals surface area contributed by atoms with Crippen molar-refractivity contribution >= 4 is 23.5 Å². The number of ether oxygens (including phenoxy) is 1. The SMILES string of the molecule is CC(C)(c1ccccc1)c1ccc(OC(=O)c2cccc(N3C(=O)[C@@H]4[C@H](C3=O)[C@H]3C=C[C@H]4C3)c2)cc1. The highest BCUT2D eigenvalue weighted by Crippen LogP contribution is 2.53. The van der Waals surface area contributed by atoms with Crippen LogP contribution in [0.5, 0.6) is 5.75 Å². The molecule has 1 saturated carbocycles. The summed E-state index contributed by atoms with van der Waals surface area (Å²) in [5.41, 5.74) is 2.83. The van der Waals surface area contributed by atoms with Crippen molar-refractivity contribution in [3.8, 4) is 5.75 Å². The summed E-state index contributed by atoms with van der Waals surface area (Å²) in [4.78, 5) is 40.5. The molecule has 3 aromatic rings. The Bertz CT molecular complexity index is 1360. The fraction of sp³-hybridized carbons (Fsp3) is 0.258. The number of fused-ring (bicyclic) bond motifs is 5. The number of carbonyl (C=O) groups is 3. The number of imide groups is 1. The van der Waals surface area contributed by atoms with Crippen LogP contribution in [0.4, 0.5) is 5.69 Å². The Balaban J connectivity index is 1.19. The molecule has 1 heterocycles. The van der Waals surface area contributed by atoms with Crippen LogP contribution in [-0.4, -0.2) is 17.8 Å². The zero-order chi connectivity index (χ0) is 25.0. The third-order valence-electron chi connectivity index (χ3n) is 8.09. The number of allylic oxidation sites excluding steroid dienone is 2. The average molecular weight is 478 g/mol. The minimum absolute atomic E-state index is 0.143. The van der Waals surface area contributed by atoms with E-state index in [2.05, 4.69) is 38.1 Å². The van der Waals surface area contributed by atoms with Gasteiger partial charge in [0.2, 0.25) is 11.8 Å². The fourth-order valence-electron chi connectivity index (χ4n) is 6.06. The lowest BCUT2D eigenvalue weighted by molar-refractivity contribution is -0.123. The standard InChI is InChI=1S/C31H27NO4/c1-31(2,22-8-4-3-5-9-22)23-13-15-25(16-14-23)36-30(35)21-7-6-10-24(18-21)32-28(33)26-19-11-12-20(17-19)27(26)29(32)34/h3-16,18-20,26-27H,17H2,1-2H3/t19-,20-,26-,27+/m0/s1. The first-order chi connectivity index (χ1) is 17.3. The van der Waals surface area contributed by atoms with Gasteiger partial charge in [-0.3, -0.25) is 9.59 Å². The monoisotopic (exact) mass is 477 g/mol. The van der Waals surface area contributed by atoms with Gasteiger partial charge in [0.25, 0.3) is 0 Å². The van der Waals surface area contributed by atoms with Crippen molar-refractivity contribution in [3.05, 3.63) is 108 Å². The van der Waals surface area contributed by atoms with E-state index < -0.39 is 5.97 Å². The van der Waals surface area contributed by atoms with Gasteiger partial charge in [-0.25, -0.2) is 9.69 Å². The second kappa shape index (κ2) is 8.30. The molecule has 0 unspecified atom stereocenters. The van der Waals surface area contributed by atoms with Crippen molar-refractivity contribution in [1.82, 2.24) is 0 Å². The molecular formula is C31H27NO4. The number of carbonyl (C=O) groups excluding carboxylic acids is 3. The quantitative estimate of drug-likeness (QED) is 0.209. The number of hydrogen-bond acceptors (Lipinski definition) is 4. The summed E-state index contributed by atoms with van der Waals surface area (Å²) < 4.78 is 5.63. The third kappa shape index (κ3) is 3.49. The van der Waals surface area contributed by atoms with E-state index in [0.29, 0.717) is 17.0 Å². The van der Waals surface area contributed by atoms with Gasteiger partial charge in [0, 0.05) is 5.41 Å². The van der Waals surface area contributed by atoms with Crippen LogP contribution in [0.15, 0.2) is 91.0 Å². The minimum atomic E-state index is -0.534. The van der Waals surface area contributed by atoms with Crippen LogP contribution in [0.3, 0.4) is 0 Å². The van der Waals surface area contributed by atoms with Crippen LogP contribution >= 0.6 is 0 Å². The lowest BCUT2D eigenvalue weighted by atomic mass is 9.78. The number of esters is 1. The van der Waals surface area contributed by atoms with Gasteiger partial charge in [0.05, 0.1) is 23.1 Å². The van der Waals surface area contributed by atoms with Crippen LogP contribution in [0.25, 0.3) is 0 Å². The molecule has 180 valence electrons. The zero-order valence-corrected chi connectivity index (χ0v) is 20.3. The molecule has 0 N–H and O–H groups in total. The van der Waals surface area contributed by atoms with Gasteiger partial charge in [-0.2, -0.15) is 0 Å². The lowest BCUT2D eigenvalue weighted by Gasteiger charge is -2.26. The first-order valence-corrected chi connectivity index (χ1v) is 12.4. The van der Waals surface area contributed by atoms with Gasteiger partial charge in [0.15, 0.2) is 0 Å². The Labute approximate surface area is 210 Å². The fourth-order valence-corrected chi connectivity index (χ4v) is 6.06. The van der Waals surface area contributed by atoms with E-state index in [4.69, 9.17) is 4.74 Å². The van der Waals surface area contributed by atoms with E-state index in [9.17, 15) is 14.4 Å². The molecule has 0 radical (unpaired) electrons. The molecular weight excluding hydrogens is 450 g/mol. The molecule has 5 nitrogen and oxygen atoms in total. The van der Waals surface area contributed by atoms with Gasteiger partial charge in [-0.1, -0.05) is 74.5 Å². The van der Waals surface area contributed by atoms with E-state index in [0.717, 1.165) is 12.0 Å². The molecule has 2 fully saturated rings. The number of amides is 2. The summed E-state index contributed by atoms with van der Waals surface area (Å²) >= 11 is 0. The predicted octanol–water partition coefficient (Wildman–Crippen LogP) is 5.54. The van der Waals surface area contributed by atoms with Gasteiger partial charge in [0.1, 0.15) is 5.75 Å². The first kappa shape index (κ1) is 22.5. The van der Waals surface area contributed by atoms with E-state index in [1.54, 1.807) is 36.4 Å². The highest BCUT2D eigenvalue weighted by Gasteiger charge is 2.59. The van der Waals surface area contributed by atoms with Gasteiger partial charge >= 0.3 is 5.97 Å². The summed E-state index contributed by atoms with van der Waals surface area (Å²) in [6.07, 6.45) is 5.02. The molecule has 2 aliphatic carbocycles. The molecule has 5 heteroatoms. The van der Waals surface area contributed by atoms with Crippen molar-refractivity contribution in [2.24, 2.45) is 23.7 Å². The van der Waals surface area contributed by atoms with Crippen LogP contribution in [0, 0.1) is 23.7 Å². The summed E-state index contributed by atoms with van der Waals surface area (Å²) in [7, 11) is 0. The van der Waals surface area contributed by atoms with E-state index in [1.807, 2.05) is 30.3 Å². The van der Waals surface area contributed by atoms with Gasteiger partial charge < -0.3 is 4.74 Å². The van der Waals surface area contributed by atoms with Gasteiger partial charge in [-0.15, -0.1) is 0 Å². The summed E-state index contributed by atoms with van der Waals surface area (Å²) in [5.74, 6) is -0.693. The van der Waals surface area contributed by atoms with Gasteiger partial charge in [-0.05, 0) is 59.7 Å². The topological polar surface area (TPSA) is 63.7 Å². The Morgan fingerprint density at radius 3 is 2.06 bits per heavy atom. The summed E-state index contributed by atoms with van der Waals surface area (Å²) in [5, 5.41) is 0.